The summed E-state index contributed by atoms with van der Waals surface area (Å²) in [6, 6.07) is 9.01. The summed E-state index contributed by atoms with van der Waals surface area (Å²) in [4.78, 5) is 16.7. The van der Waals surface area contributed by atoms with E-state index in [1.807, 2.05) is 0 Å². The van der Waals surface area contributed by atoms with Crippen molar-refractivity contribution < 1.29 is 27.2 Å². The van der Waals surface area contributed by atoms with Crippen molar-refractivity contribution in [1.29, 1.82) is 0 Å². The molecule has 0 aliphatic carbocycles. The minimum Gasteiger partial charge on any atom is -0.391 e. The first-order chi connectivity index (χ1) is 12.7. The number of likely N-dealkylation sites (N-methyl/N-ethyl adjacent to an activating group) is 1. The molecule has 0 spiro atoms. The van der Waals surface area contributed by atoms with Gasteiger partial charge in [0, 0.05) is 12.6 Å². The van der Waals surface area contributed by atoms with Crippen molar-refractivity contribution in [2.75, 3.05) is 7.05 Å². The van der Waals surface area contributed by atoms with Crippen LogP contribution in [0.4, 0.5) is 17.6 Å². The lowest BCUT2D eigenvalue weighted by molar-refractivity contribution is -0.137. The molecule has 27 heavy (non-hydrogen) atoms. The van der Waals surface area contributed by atoms with E-state index in [-0.39, 0.29) is 35.8 Å². The van der Waals surface area contributed by atoms with Crippen molar-refractivity contribution in [3.8, 4) is 0 Å². The third-order valence-corrected chi connectivity index (χ3v) is 3.86. The number of nitrogens with zero attached hydrogens (tertiary/aromatic N) is 1. The van der Waals surface area contributed by atoms with Crippen LogP contribution in [0.15, 0.2) is 47.6 Å². The third-order valence-electron chi connectivity index (χ3n) is 3.86. The first kappa shape index (κ1) is 20.4. The summed E-state index contributed by atoms with van der Waals surface area (Å²) in [6.07, 6.45) is -4.61. The molecule has 0 unspecified atom stereocenters. The zero-order chi connectivity index (χ0) is 20.0. The molecule has 1 N–H and O–H groups in total. The number of alkyl halides is 3. The lowest BCUT2D eigenvalue weighted by atomic mass is 10.0. The Kier molecular flexibility index (Phi) is 6.55. The highest BCUT2D eigenvalue weighted by Crippen LogP contribution is 2.29. The topological polar surface area (TPSA) is 50.7 Å². The number of rotatable bonds is 6. The number of hydrogen-bond donors (Lipinski definition) is 1. The largest absolute Gasteiger partial charge is 0.416 e. The van der Waals surface area contributed by atoms with Crippen LogP contribution in [-0.4, -0.2) is 18.7 Å². The average Bonchev–Trinajstić information content (AvgIpc) is 2.63. The normalized spacial score (nSPS) is 12.0. The number of halogens is 4. The van der Waals surface area contributed by atoms with E-state index in [9.17, 15) is 22.4 Å². The summed E-state index contributed by atoms with van der Waals surface area (Å²) < 4.78 is 52.3. The monoisotopic (exact) mass is 382 g/mol. The van der Waals surface area contributed by atoms with Gasteiger partial charge in [0.15, 0.2) is 0 Å². The van der Waals surface area contributed by atoms with Gasteiger partial charge in [0.2, 0.25) is 5.91 Å². The van der Waals surface area contributed by atoms with Crippen molar-refractivity contribution in [1.82, 2.24) is 5.32 Å². The molecule has 0 aliphatic rings. The van der Waals surface area contributed by atoms with E-state index in [1.54, 1.807) is 6.07 Å². The Bertz CT molecular complexity index is 848. The quantitative estimate of drug-likeness (QED) is 0.465. The van der Waals surface area contributed by atoms with Crippen LogP contribution in [0.3, 0.4) is 0 Å². The smallest absolute Gasteiger partial charge is 0.391 e. The number of nitrogens with one attached hydrogen (secondary N) is 1. The molecule has 0 aliphatic heterocycles. The molecule has 0 atom stereocenters. The van der Waals surface area contributed by atoms with Crippen LogP contribution in [0.25, 0.3) is 0 Å². The molecule has 8 heteroatoms. The van der Waals surface area contributed by atoms with E-state index in [2.05, 4.69) is 10.5 Å². The number of carbonyl (C=O) groups is 1. The first-order valence-electron chi connectivity index (χ1n) is 8.03. The SMILES string of the molecule is CNC(=O)Cc1c(F)cccc1CO/N=C(\C)c1cccc(C(F)(F)F)c1. The Morgan fingerprint density at radius 2 is 1.89 bits per heavy atom. The molecule has 0 heterocycles. The maximum atomic E-state index is 14.0. The Morgan fingerprint density at radius 1 is 1.19 bits per heavy atom. The van der Waals surface area contributed by atoms with Gasteiger partial charge in [-0.3, -0.25) is 4.79 Å². The van der Waals surface area contributed by atoms with E-state index in [1.165, 1.54) is 38.2 Å². The molecular weight excluding hydrogens is 364 g/mol. The van der Waals surface area contributed by atoms with Gasteiger partial charge in [-0.05, 0) is 36.2 Å². The predicted octanol–water partition coefficient (Wildman–Crippen LogP) is 4.07. The Morgan fingerprint density at radius 3 is 2.56 bits per heavy atom. The lowest BCUT2D eigenvalue weighted by Gasteiger charge is -2.10. The van der Waals surface area contributed by atoms with E-state index in [4.69, 9.17) is 4.84 Å². The zero-order valence-electron chi connectivity index (χ0n) is 14.7. The minimum absolute atomic E-state index is 0.125. The molecule has 1 amide bonds. The van der Waals surface area contributed by atoms with Crippen LogP contribution in [0.1, 0.15) is 29.2 Å². The van der Waals surface area contributed by atoms with Crippen molar-refractivity contribution in [3.63, 3.8) is 0 Å². The van der Waals surface area contributed by atoms with Gasteiger partial charge in [0.05, 0.1) is 17.7 Å². The van der Waals surface area contributed by atoms with Gasteiger partial charge in [-0.1, -0.05) is 29.4 Å². The van der Waals surface area contributed by atoms with E-state index >= 15 is 0 Å². The summed E-state index contributed by atoms with van der Waals surface area (Å²) >= 11 is 0. The zero-order valence-corrected chi connectivity index (χ0v) is 14.7. The minimum atomic E-state index is -4.45. The van der Waals surface area contributed by atoms with Gasteiger partial charge in [-0.15, -0.1) is 0 Å². The van der Waals surface area contributed by atoms with Crippen LogP contribution in [-0.2, 0) is 28.8 Å². The highest BCUT2D eigenvalue weighted by molar-refractivity contribution is 5.98. The standard InChI is InChI=1S/C19H18F4N2O2/c1-12(13-5-3-7-15(9-13)19(21,22)23)25-27-11-14-6-4-8-17(20)16(14)10-18(26)24-2/h3-9H,10-11H2,1-2H3,(H,24,26)/b25-12+. The molecule has 2 rings (SSSR count). The second-order valence-electron chi connectivity index (χ2n) is 5.76. The Labute approximate surface area is 153 Å². The van der Waals surface area contributed by atoms with Gasteiger partial charge in [0.25, 0.3) is 0 Å². The summed E-state index contributed by atoms with van der Waals surface area (Å²) in [7, 11) is 1.45. The molecule has 0 fully saturated rings. The number of oxime groups is 1. The summed E-state index contributed by atoms with van der Waals surface area (Å²) in [5, 5.41) is 6.22. The van der Waals surface area contributed by atoms with Crippen LogP contribution in [0.5, 0.6) is 0 Å². The first-order valence-corrected chi connectivity index (χ1v) is 8.03. The fraction of sp³-hybridized carbons (Fsp3) is 0.263. The maximum Gasteiger partial charge on any atom is 0.416 e. The Balaban J connectivity index is 2.14. The van der Waals surface area contributed by atoms with Crippen LogP contribution < -0.4 is 5.32 Å². The molecule has 4 nitrogen and oxygen atoms in total. The van der Waals surface area contributed by atoms with Crippen LogP contribution >= 0.6 is 0 Å². The third kappa shape index (κ3) is 5.54. The summed E-state index contributed by atoms with van der Waals surface area (Å²) in [5.74, 6) is -0.900. The average molecular weight is 382 g/mol. The molecular formula is C19H18F4N2O2. The lowest BCUT2D eigenvalue weighted by Crippen LogP contribution is -2.21. The second kappa shape index (κ2) is 8.66. The van der Waals surface area contributed by atoms with E-state index < -0.39 is 17.6 Å². The number of amides is 1. The van der Waals surface area contributed by atoms with Gasteiger partial charge in [0.1, 0.15) is 12.4 Å². The van der Waals surface area contributed by atoms with E-state index in [0.717, 1.165) is 12.1 Å². The molecule has 0 saturated heterocycles. The highest BCUT2D eigenvalue weighted by Gasteiger charge is 2.30. The molecule has 0 aromatic heterocycles. The Hall–Kier alpha value is -2.90. The molecule has 2 aromatic rings. The number of carbonyl (C=O) groups excluding carboxylic acids is 1. The van der Waals surface area contributed by atoms with Gasteiger partial charge >= 0.3 is 6.18 Å². The maximum absolute atomic E-state index is 14.0. The molecule has 0 bridgehead atoms. The van der Waals surface area contributed by atoms with Gasteiger partial charge in [-0.2, -0.15) is 13.2 Å². The second-order valence-corrected chi connectivity index (χ2v) is 5.76. The fourth-order valence-electron chi connectivity index (χ4n) is 2.36. The van der Waals surface area contributed by atoms with Crippen LogP contribution in [0, 0.1) is 5.82 Å². The van der Waals surface area contributed by atoms with Gasteiger partial charge < -0.3 is 10.2 Å². The molecule has 0 radical (unpaired) electrons. The summed E-state index contributed by atoms with van der Waals surface area (Å²) in [6.45, 7) is 1.38. The van der Waals surface area contributed by atoms with Crippen molar-refractivity contribution in [2.24, 2.45) is 5.16 Å². The van der Waals surface area contributed by atoms with Crippen LogP contribution in [0.2, 0.25) is 0 Å². The van der Waals surface area contributed by atoms with Crippen molar-refractivity contribution >= 4 is 11.6 Å². The summed E-state index contributed by atoms with van der Waals surface area (Å²) in [5.41, 5.74) is 0.329. The molecule has 144 valence electrons. The highest BCUT2D eigenvalue weighted by atomic mass is 19.4. The van der Waals surface area contributed by atoms with Gasteiger partial charge in [-0.25, -0.2) is 4.39 Å². The van der Waals surface area contributed by atoms with E-state index in [0.29, 0.717) is 5.56 Å². The number of hydrogen-bond acceptors (Lipinski definition) is 3. The fourth-order valence-corrected chi connectivity index (χ4v) is 2.36. The van der Waals surface area contributed by atoms with Crippen molar-refractivity contribution in [2.45, 2.75) is 26.1 Å². The molecule has 0 saturated carbocycles. The molecule has 2 aromatic carbocycles. The van der Waals surface area contributed by atoms with Crippen molar-refractivity contribution in [3.05, 3.63) is 70.5 Å². The number of benzene rings is 2. The predicted molar refractivity (Wildman–Crippen MR) is 92.6 cm³/mol.